The number of benzene rings is 1. The topological polar surface area (TPSA) is 58.6 Å². The minimum absolute atomic E-state index is 0.0227. The Kier molecular flexibility index (Phi) is 5.87. The van der Waals surface area contributed by atoms with Crippen LogP contribution in [0.4, 0.5) is 0 Å². The number of hydrogen-bond acceptors (Lipinski definition) is 3. The Morgan fingerprint density at radius 2 is 2.10 bits per heavy atom. The van der Waals surface area contributed by atoms with E-state index in [1.807, 2.05) is 6.07 Å². The molecule has 1 aliphatic rings. The van der Waals surface area contributed by atoms with Crippen LogP contribution in [0.2, 0.25) is 0 Å². The minimum Gasteiger partial charge on any atom is -0.484 e. The smallest absolute Gasteiger partial charge is 0.257 e. The molecule has 4 nitrogen and oxygen atoms in total. The van der Waals surface area contributed by atoms with Gasteiger partial charge in [-0.25, -0.2) is 0 Å². The lowest BCUT2D eigenvalue weighted by molar-refractivity contribution is -0.123. The maximum absolute atomic E-state index is 11.7. The molecule has 1 aromatic rings. The van der Waals surface area contributed by atoms with Gasteiger partial charge in [0.05, 0.1) is 6.61 Å². The molecule has 0 aromatic heterocycles. The van der Waals surface area contributed by atoms with Gasteiger partial charge in [0.2, 0.25) is 0 Å². The standard InChI is InChI=1S/C16H23NO3/c18-11-14-7-4-8-15(9-14)20-12-16(19)17-10-13-5-2-1-3-6-13/h4,7-9,13,18H,1-3,5-6,10-12H2,(H,17,19). The van der Waals surface area contributed by atoms with Crippen molar-refractivity contribution in [2.24, 2.45) is 5.92 Å². The predicted molar refractivity (Wildman–Crippen MR) is 77.4 cm³/mol. The van der Waals surface area contributed by atoms with E-state index in [-0.39, 0.29) is 19.1 Å². The van der Waals surface area contributed by atoms with Gasteiger partial charge >= 0.3 is 0 Å². The third-order valence-corrected chi connectivity index (χ3v) is 3.76. The van der Waals surface area contributed by atoms with Crippen LogP contribution >= 0.6 is 0 Å². The summed E-state index contributed by atoms with van der Waals surface area (Å²) in [5.74, 6) is 1.17. The molecule has 0 saturated heterocycles. The Morgan fingerprint density at radius 3 is 2.85 bits per heavy atom. The zero-order valence-electron chi connectivity index (χ0n) is 11.8. The fourth-order valence-corrected chi connectivity index (χ4v) is 2.58. The van der Waals surface area contributed by atoms with Gasteiger partial charge in [0.15, 0.2) is 6.61 Å². The van der Waals surface area contributed by atoms with Crippen LogP contribution in [0.25, 0.3) is 0 Å². The Labute approximate surface area is 120 Å². The average Bonchev–Trinajstić information content (AvgIpc) is 2.52. The molecule has 0 bridgehead atoms. The first-order valence-electron chi connectivity index (χ1n) is 7.37. The lowest BCUT2D eigenvalue weighted by Gasteiger charge is -2.21. The largest absolute Gasteiger partial charge is 0.484 e. The van der Waals surface area contributed by atoms with E-state index in [9.17, 15) is 4.79 Å². The first-order chi connectivity index (χ1) is 9.78. The molecule has 1 fully saturated rings. The highest BCUT2D eigenvalue weighted by molar-refractivity contribution is 5.77. The predicted octanol–water partition coefficient (Wildman–Crippen LogP) is 2.25. The molecule has 0 atom stereocenters. The fraction of sp³-hybridized carbons (Fsp3) is 0.562. The Bertz CT molecular complexity index is 427. The number of ether oxygens (including phenoxy) is 1. The number of amides is 1. The van der Waals surface area contributed by atoms with E-state index in [1.165, 1.54) is 32.1 Å². The van der Waals surface area contributed by atoms with Gasteiger partial charge in [0, 0.05) is 6.54 Å². The second kappa shape index (κ2) is 7.90. The summed E-state index contributed by atoms with van der Waals surface area (Å²) in [5.41, 5.74) is 0.783. The van der Waals surface area contributed by atoms with Crippen LogP contribution in [0.3, 0.4) is 0 Å². The highest BCUT2D eigenvalue weighted by Crippen LogP contribution is 2.22. The summed E-state index contributed by atoms with van der Waals surface area (Å²) in [7, 11) is 0. The van der Waals surface area contributed by atoms with Gasteiger partial charge in [0.25, 0.3) is 5.91 Å². The number of carbonyl (C=O) groups excluding carboxylic acids is 1. The third-order valence-electron chi connectivity index (χ3n) is 3.76. The molecule has 110 valence electrons. The van der Waals surface area contributed by atoms with E-state index in [0.717, 1.165) is 12.1 Å². The summed E-state index contributed by atoms with van der Waals surface area (Å²) in [6.07, 6.45) is 6.34. The number of carbonyl (C=O) groups is 1. The van der Waals surface area contributed by atoms with Gasteiger partial charge < -0.3 is 15.2 Å². The zero-order valence-corrected chi connectivity index (χ0v) is 11.8. The van der Waals surface area contributed by atoms with E-state index in [1.54, 1.807) is 18.2 Å². The first-order valence-corrected chi connectivity index (χ1v) is 7.37. The van der Waals surface area contributed by atoms with Crippen molar-refractivity contribution in [3.8, 4) is 5.75 Å². The van der Waals surface area contributed by atoms with Crippen molar-refractivity contribution in [1.82, 2.24) is 5.32 Å². The third kappa shape index (κ3) is 4.85. The molecule has 20 heavy (non-hydrogen) atoms. The zero-order chi connectivity index (χ0) is 14.2. The van der Waals surface area contributed by atoms with Gasteiger partial charge in [-0.3, -0.25) is 4.79 Å². The van der Waals surface area contributed by atoms with E-state index in [2.05, 4.69) is 5.32 Å². The first kappa shape index (κ1) is 14.9. The van der Waals surface area contributed by atoms with E-state index >= 15 is 0 Å². The van der Waals surface area contributed by atoms with Gasteiger partial charge in [-0.2, -0.15) is 0 Å². The highest BCUT2D eigenvalue weighted by atomic mass is 16.5. The maximum atomic E-state index is 11.7. The summed E-state index contributed by atoms with van der Waals surface area (Å²) in [6, 6.07) is 7.15. The number of aliphatic hydroxyl groups is 1. The molecule has 1 amide bonds. The van der Waals surface area contributed by atoms with Crippen molar-refractivity contribution in [2.45, 2.75) is 38.7 Å². The quantitative estimate of drug-likeness (QED) is 0.838. The number of hydrogen-bond donors (Lipinski definition) is 2. The number of aliphatic hydroxyl groups excluding tert-OH is 1. The van der Waals surface area contributed by atoms with Crippen molar-refractivity contribution < 1.29 is 14.6 Å². The normalized spacial score (nSPS) is 15.8. The maximum Gasteiger partial charge on any atom is 0.257 e. The molecule has 0 radical (unpaired) electrons. The van der Waals surface area contributed by atoms with E-state index < -0.39 is 0 Å². The molecule has 0 heterocycles. The SMILES string of the molecule is O=C(COc1cccc(CO)c1)NCC1CCCCC1. The van der Waals surface area contributed by atoms with Crippen LogP contribution in [-0.2, 0) is 11.4 Å². The van der Waals surface area contributed by atoms with Crippen molar-refractivity contribution in [3.63, 3.8) is 0 Å². The number of rotatable bonds is 6. The van der Waals surface area contributed by atoms with Crippen LogP contribution < -0.4 is 10.1 Å². The van der Waals surface area contributed by atoms with Gasteiger partial charge in [-0.05, 0) is 36.5 Å². The van der Waals surface area contributed by atoms with Gasteiger partial charge in [0.1, 0.15) is 5.75 Å². The lowest BCUT2D eigenvalue weighted by Crippen LogP contribution is -2.33. The second-order valence-corrected chi connectivity index (χ2v) is 5.40. The lowest BCUT2D eigenvalue weighted by atomic mass is 9.89. The molecule has 0 spiro atoms. The second-order valence-electron chi connectivity index (χ2n) is 5.40. The van der Waals surface area contributed by atoms with E-state index in [4.69, 9.17) is 9.84 Å². The fourth-order valence-electron chi connectivity index (χ4n) is 2.58. The molecule has 0 aliphatic heterocycles. The van der Waals surface area contributed by atoms with Crippen LogP contribution in [-0.4, -0.2) is 24.2 Å². The Morgan fingerprint density at radius 1 is 1.30 bits per heavy atom. The monoisotopic (exact) mass is 277 g/mol. The molecular weight excluding hydrogens is 254 g/mol. The van der Waals surface area contributed by atoms with Crippen LogP contribution in [0, 0.1) is 5.92 Å². The van der Waals surface area contributed by atoms with Crippen LogP contribution in [0.5, 0.6) is 5.75 Å². The van der Waals surface area contributed by atoms with Gasteiger partial charge in [-0.1, -0.05) is 31.4 Å². The molecule has 2 N–H and O–H groups in total. The van der Waals surface area contributed by atoms with Crippen molar-refractivity contribution >= 4 is 5.91 Å². The summed E-state index contributed by atoms with van der Waals surface area (Å²) in [5, 5.41) is 12.0. The number of nitrogens with one attached hydrogen (secondary N) is 1. The summed E-state index contributed by atoms with van der Waals surface area (Å²) >= 11 is 0. The molecule has 1 aliphatic carbocycles. The summed E-state index contributed by atoms with van der Waals surface area (Å²) in [4.78, 5) is 11.7. The van der Waals surface area contributed by atoms with Crippen LogP contribution in [0.1, 0.15) is 37.7 Å². The summed E-state index contributed by atoms with van der Waals surface area (Å²) in [6.45, 7) is 0.769. The molecule has 1 aromatic carbocycles. The highest BCUT2D eigenvalue weighted by Gasteiger charge is 2.14. The average molecular weight is 277 g/mol. The summed E-state index contributed by atoms with van der Waals surface area (Å²) < 4.78 is 5.43. The molecule has 1 saturated carbocycles. The minimum atomic E-state index is -0.0787. The molecule has 0 unspecified atom stereocenters. The van der Waals surface area contributed by atoms with Crippen molar-refractivity contribution in [3.05, 3.63) is 29.8 Å². The molecular formula is C16H23NO3. The van der Waals surface area contributed by atoms with E-state index in [0.29, 0.717) is 11.7 Å². The van der Waals surface area contributed by atoms with Crippen molar-refractivity contribution in [1.29, 1.82) is 0 Å². The Hall–Kier alpha value is -1.55. The van der Waals surface area contributed by atoms with Crippen molar-refractivity contribution in [2.75, 3.05) is 13.2 Å². The molecule has 2 rings (SSSR count). The molecule has 4 heteroatoms. The van der Waals surface area contributed by atoms with Crippen LogP contribution in [0.15, 0.2) is 24.3 Å². The Balaban J connectivity index is 1.68. The van der Waals surface area contributed by atoms with Gasteiger partial charge in [-0.15, -0.1) is 0 Å².